The maximum absolute atomic E-state index is 12.4. The summed E-state index contributed by atoms with van der Waals surface area (Å²) in [5, 5.41) is 0.602. The molecule has 0 bridgehead atoms. The van der Waals surface area contributed by atoms with Crippen LogP contribution in [0.1, 0.15) is 13.8 Å². The summed E-state index contributed by atoms with van der Waals surface area (Å²) >= 11 is 0. The third-order valence-corrected chi connectivity index (χ3v) is 4.07. The van der Waals surface area contributed by atoms with Gasteiger partial charge >= 0.3 is 15.6 Å². The molecule has 1 aromatic heterocycles. The Morgan fingerprint density at radius 3 is 2.52 bits per heavy atom. The summed E-state index contributed by atoms with van der Waals surface area (Å²) < 4.78 is 63.2. The quantitative estimate of drug-likeness (QED) is 0.577. The summed E-state index contributed by atoms with van der Waals surface area (Å²) in [6.07, 6.45) is 3.64. The maximum Gasteiger partial charge on any atom is 0.534 e. The molecule has 25 heavy (non-hydrogen) atoms. The number of nitrogens with zero attached hydrogens (tertiary/aromatic N) is 2. The highest BCUT2D eigenvalue weighted by Crippen LogP contribution is 2.29. The predicted octanol–water partition coefficient (Wildman–Crippen LogP) is 4.34. The zero-order chi connectivity index (χ0) is 18.8. The van der Waals surface area contributed by atoms with Crippen LogP contribution in [0.15, 0.2) is 54.9 Å². The lowest BCUT2D eigenvalue weighted by Gasteiger charge is -2.20. The Morgan fingerprint density at radius 1 is 1.28 bits per heavy atom. The second kappa shape index (κ2) is 6.75. The molecule has 0 saturated carbocycles. The number of hydrogen-bond donors (Lipinski definition) is 0. The third-order valence-electron chi connectivity index (χ3n) is 3.11. The molecule has 2 aromatic rings. The molecule has 0 atom stereocenters. The Hall–Kier alpha value is -2.55. The first-order valence-corrected chi connectivity index (χ1v) is 8.45. The summed E-state index contributed by atoms with van der Waals surface area (Å²) in [6.45, 7) is 7.55. The molecule has 1 aromatic carbocycles. The molecule has 0 radical (unpaired) electrons. The average molecular weight is 372 g/mol. The highest BCUT2D eigenvalue weighted by molar-refractivity contribution is 7.87. The fourth-order valence-electron chi connectivity index (χ4n) is 2.03. The monoisotopic (exact) mass is 372 g/mol. The number of rotatable bonds is 5. The molecule has 0 aliphatic rings. The van der Waals surface area contributed by atoms with Crippen molar-refractivity contribution in [1.29, 1.82) is 0 Å². The van der Waals surface area contributed by atoms with E-state index in [1.807, 2.05) is 31.0 Å². The molecule has 9 heteroatoms. The molecular weight excluding hydrogens is 357 g/mol. The molecular formula is C16H15F3N2O3S. The Morgan fingerprint density at radius 2 is 1.96 bits per heavy atom. The van der Waals surface area contributed by atoms with Gasteiger partial charge in [0.1, 0.15) is 0 Å². The number of pyridine rings is 1. The minimum Gasteiger partial charge on any atom is -0.355 e. The van der Waals surface area contributed by atoms with Crippen LogP contribution in [0.2, 0.25) is 0 Å². The van der Waals surface area contributed by atoms with Crippen LogP contribution in [0.5, 0.6) is 5.88 Å². The van der Waals surface area contributed by atoms with Gasteiger partial charge in [0.15, 0.2) is 0 Å². The topological polar surface area (TPSA) is 59.5 Å². The minimum absolute atomic E-state index is 0.292. The number of fused-ring (bicyclic) bond motifs is 1. The SMILES string of the molecule is C=C(C)N(/C=C\C)c1ccc2nc(OS(=O)(=O)C(F)(F)F)ccc2c1. The maximum atomic E-state index is 12.4. The van der Waals surface area contributed by atoms with Crippen molar-refractivity contribution >= 4 is 26.7 Å². The van der Waals surface area contributed by atoms with E-state index in [0.29, 0.717) is 10.9 Å². The Balaban J connectivity index is 2.40. The summed E-state index contributed by atoms with van der Waals surface area (Å²) in [6, 6.07) is 7.48. The van der Waals surface area contributed by atoms with Crippen LogP contribution < -0.4 is 9.08 Å². The molecule has 0 spiro atoms. The molecule has 0 aliphatic heterocycles. The van der Waals surface area contributed by atoms with E-state index in [0.717, 1.165) is 17.5 Å². The first-order valence-electron chi connectivity index (χ1n) is 7.04. The molecule has 2 rings (SSSR count). The van der Waals surface area contributed by atoms with E-state index in [-0.39, 0.29) is 0 Å². The normalized spacial score (nSPS) is 12.5. The van der Waals surface area contributed by atoms with Crippen molar-refractivity contribution in [2.75, 3.05) is 4.90 Å². The molecule has 0 saturated heterocycles. The molecule has 0 amide bonds. The van der Waals surface area contributed by atoms with Crippen molar-refractivity contribution in [2.24, 2.45) is 0 Å². The highest BCUT2D eigenvalue weighted by atomic mass is 32.2. The van der Waals surface area contributed by atoms with E-state index in [1.165, 1.54) is 6.07 Å². The Kier molecular flexibility index (Phi) is 5.07. The molecule has 0 aliphatic carbocycles. The molecule has 5 nitrogen and oxygen atoms in total. The standard InChI is InChI=1S/C16H15F3N2O3S/c1-4-9-21(11(2)3)13-6-7-14-12(10-13)5-8-15(20-14)24-25(22,23)16(17,18)19/h4-10H,2H2,1,3H3/b9-4-. The summed E-state index contributed by atoms with van der Waals surface area (Å²) in [4.78, 5) is 5.62. The van der Waals surface area contributed by atoms with Crippen molar-refractivity contribution in [3.8, 4) is 5.88 Å². The van der Waals surface area contributed by atoms with Crippen molar-refractivity contribution in [3.05, 3.63) is 54.9 Å². The molecule has 0 N–H and O–H groups in total. The predicted molar refractivity (Wildman–Crippen MR) is 89.5 cm³/mol. The lowest BCUT2D eigenvalue weighted by atomic mass is 10.2. The summed E-state index contributed by atoms with van der Waals surface area (Å²) in [7, 11) is -5.75. The number of aromatic nitrogens is 1. The van der Waals surface area contributed by atoms with Crippen molar-refractivity contribution in [2.45, 2.75) is 19.4 Å². The smallest absolute Gasteiger partial charge is 0.355 e. The number of anilines is 1. The van der Waals surface area contributed by atoms with Crippen LogP contribution >= 0.6 is 0 Å². The van der Waals surface area contributed by atoms with E-state index in [2.05, 4.69) is 15.7 Å². The summed E-state index contributed by atoms with van der Waals surface area (Å²) in [5.74, 6) is -0.650. The number of allylic oxidation sites excluding steroid dienone is 2. The molecule has 0 fully saturated rings. The zero-order valence-corrected chi connectivity index (χ0v) is 14.2. The van der Waals surface area contributed by atoms with Crippen LogP contribution in [-0.4, -0.2) is 18.9 Å². The van der Waals surface area contributed by atoms with Crippen LogP contribution in [0, 0.1) is 0 Å². The molecule has 1 heterocycles. The Bertz CT molecular complexity index is 937. The van der Waals surface area contributed by atoms with E-state index in [4.69, 9.17) is 0 Å². The lowest BCUT2D eigenvalue weighted by molar-refractivity contribution is -0.0501. The minimum atomic E-state index is -5.75. The van der Waals surface area contributed by atoms with Gasteiger partial charge in [0.05, 0.1) is 5.52 Å². The van der Waals surface area contributed by atoms with Crippen molar-refractivity contribution < 1.29 is 25.8 Å². The van der Waals surface area contributed by atoms with Crippen molar-refractivity contribution in [3.63, 3.8) is 0 Å². The van der Waals surface area contributed by atoms with Gasteiger partial charge in [0.2, 0.25) is 5.88 Å². The lowest BCUT2D eigenvalue weighted by Crippen LogP contribution is -2.28. The van der Waals surface area contributed by atoms with Gasteiger partial charge in [0.25, 0.3) is 0 Å². The van der Waals surface area contributed by atoms with Crippen LogP contribution in [0.25, 0.3) is 10.9 Å². The van der Waals surface area contributed by atoms with Crippen molar-refractivity contribution in [1.82, 2.24) is 4.98 Å². The number of halogens is 3. The second-order valence-corrected chi connectivity index (χ2v) is 6.64. The first kappa shape index (κ1) is 18.8. The third kappa shape index (κ3) is 4.11. The van der Waals surface area contributed by atoms with Gasteiger partial charge in [-0.2, -0.15) is 21.6 Å². The van der Waals surface area contributed by atoms with Gasteiger partial charge in [-0.15, -0.1) is 0 Å². The Labute approximate surface area is 143 Å². The van der Waals surface area contributed by atoms with E-state index in [9.17, 15) is 21.6 Å². The van der Waals surface area contributed by atoms with Gasteiger partial charge < -0.3 is 9.08 Å². The van der Waals surface area contributed by atoms with Gasteiger partial charge in [-0.1, -0.05) is 12.7 Å². The van der Waals surface area contributed by atoms with E-state index in [1.54, 1.807) is 18.2 Å². The second-order valence-electron chi connectivity index (χ2n) is 5.10. The number of alkyl halides is 3. The first-order chi connectivity index (χ1) is 11.5. The zero-order valence-electron chi connectivity index (χ0n) is 13.4. The van der Waals surface area contributed by atoms with Crippen LogP contribution in [0.4, 0.5) is 18.9 Å². The van der Waals surface area contributed by atoms with E-state index < -0.39 is 21.5 Å². The number of hydrogen-bond acceptors (Lipinski definition) is 5. The average Bonchev–Trinajstić information content (AvgIpc) is 2.50. The largest absolute Gasteiger partial charge is 0.534 e. The van der Waals surface area contributed by atoms with Crippen LogP contribution in [0.3, 0.4) is 0 Å². The van der Waals surface area contributed by atoms with E-state index >= 15 is 0 Å². The van der Waals surface area contributed by atoms with Gasteiger partial charge in [-0.05, 0) is 38.1 Å². The molecule has 134 valence electrons. The van der Waals surface area contributed by atoms with Crippen LogP contribution in [-0.2, 0) is 10.1 Å². The fraction of sp³-hybridized carbons (Fsp3) is 0.188. The van der Waals surface area contributed by atoms with Gasteiger partial charge in [-0.3, -0.25) is 0 Å². The van der Waals surface area contributed by atoms with Gasteiger partial charge in [0, 0.05) is 29.0 Å². The molecule has 0 unspecified atom stereocenters. The summed E-state index contributed by atoms with van der Waals surface area (Å²) in [5.41, 5.74) is -3.68. The van der Waals surface area contributed by atoms with Gasteiger partial charge in [-0.25, -0.2) is 4.98 Å². The number of benzene rings is 1. The highest BCUT2D eigenvalue weighted by Gasteiger charge is 2.48. The fourth-order valence-corrected chi connectivity index (χ4v) is 2.45.